The molecular formula is C24H35N5O2. The molecule has 0 radical (unpaired) electrons. The molecule has 2 heterocycles. The van der Waals surface area contributed by atoms with Gasteiger partial charge in [-0.15, -0.1) is 0 Å². The molecule has 0 atom stereocenters. The lowest BCUT2D eigenvalue weighted by atomic mass is 9.97. The summed E-state index contributed by atoms with van der Waals surface area (Å²) in [6.07, 6.45) is 6.33. The Morgan fingerprint density at radius 3 is 2.68 bits per heavy atom. The molecule has 0 bridgehead atoms. The zero-order valence-corrected chi connectivity index (χ0v) is 18.9. The highest BCUT2D eigenvalue weighted by Crippen LogP contribution is 2.29. The first-order valence-electron chi connectivity index (χ1n) is 11.2. The van der Waals surface area contributed by atoms with Crippen molar-refractivity contribution in [2.24, 2.45) is 11.7 Å². The van der Waals surface area contributed by atoms with Crippen LogP contribution in [0, 0.1) is 12.8 Å². The van der Waals surface area contributed by atoms with Crippen molar-refractivity contribution in [2.75, 3.05) is 38.1 Å². The number of nitrogens with zero attached hydrogens (tertiary/aromatic N) is 3. The maximum Gasteiger partial charge on any atom is 0.268 e. The summed E-state index contributed by atoms with van der Waals surface area (Å²) in [6.45, 7) is 11.5. The van der Waals surface area contributed by atoms with Crippen molar-refractivity contribution in [3.63, 3.8) is 0 Å². The number of aryl methyl sites for hydroxylation is 1. The number of nitrogens with one attached hydrogen (secondary N) is 1. The second-order valence-corrected chi connectivity index (χ2v) is 8.72. The molecule has 2 aromatic rings. The average molecular weight is 426 g/mol. The fourth-order valence-corrected chi connectivity index (χ4v) is 3.89. The second-order valence-electron chi connectivity index (χ2n) is 8.72. The number of hydrogen-bond acceptors (Lipinski definition) is 6. The number of amides is 1. The third-order valence-electron chi connectivity index (χ3n) is 5.83. The molecule has 1 aliphatic heterocycles. The molecule has 0 spiro atoms. The molecule has 0 saturated carbocycles. The van der Waals surface area contributed by atoms with E-state index >= 15 is 0 Å². The van der Waals surface area contributed by atoms with Gasteiger partial charge < -0.3 is 20.7 Å². The van der Waals surface area contributed by atoms with Crippen LogP contribution in [0.15, 0.2) is 30.6 Å². The van der Waals surface area contributed by atoms with Crippen LogP contribution in [0.3, 0.4) is 0 Å². The summed E-state index contributed by atoms with van der Waals surface area (Å²) >= 11 is 0. The molecule has 1 saturated heterocycles. The lowest BCUT2D eigenvalue weighted by Crippen LogP contribution is -2.36. The summed E-state index contributed by atoms with van der Waals surface area (Å²) in [5, 5.41) is 3.24. The minimum atomic E-state index is -0.563. The van der Waals surface area contributed by atoms with Crippen LogP contribution >= 0.6 is 0 Å². The Kier molecular flexibility index (Phi) is 8.23. The van der Waals surface area contributed by atoms with Crippen molar-refractivity contribution < 1.29 is 9.53 Å². The van der Waals surface area contributed by atoms with E-state index in [-0.39, 0.29) is 5.69 Å². The second kappa shape index (κ2) is 11.1. The highest BCUT2D eigenvalue weighted by molar-refractivity contribution is 5.90. The number of primary amides is 1. The van der Waals surface area contributed by atoms with E-state index in [9.17, 15) is 4.79 Å². The number of piperidine rings is 1. The minimum absolute atomic E-state index is 0.181. The molecule has 3 N–H and O–H groups in total. The lowest BCUT2D eigenvalue weighted by Gasteiger charge is -2.32. The number of carbonyl (C=O) groups excluding carboxylic acids is 1. The van der Waals surface area contributed by atoms with Crippen molar-refractivity contribution in [2.45, 2.75) is 46.0 Å². The van der Waals surface area contributed by atoms with Crippen molar-refractivity contribution in [3.8, 4) is 5.75 Å². The minimum Gasteiger partial charge on any atom is -0.493 e. The predicted molar refractivity (Wildman–Crippen MR) is 124 cm³/mol. The Hall–Kier alpha value is -2.67. The summed E-state index contributed by atoms with van der Waals surface area (Å²) in [5.41, 5.74) is 7.90. The first kappa shape index (κ1) is 23.0. The molecular weight excluding hydrogens is 390 g/mol. The maximum atomic E-state index is 11.0. The van der Waals surface area contributed by atoms with Gasteiger partial charge in [0.1, 0.15) is 17.3 Å². The Balaban J connectivity index is 1.34. The van der Waals surface area contributed by atoms with Gasteiger partial charge in [-0.3, -0.25) is 4.79 Å². The summed E-state index contributed by atoms with van der Waals surface area (Å²) in [5.74, 6) is 2.24. The number of carbonyl (C=O) groups is 1. The molecule has 1 aliphatic rings. The molecule has 1 amide bonds. The van der Waals surface area contributed by atoms with E-state index in [4.69, 9.17) is 10.5 Å². The van der Waals surface area contributed by atoms with E-state index in [0.717, 1.165) is 45.0 Å². The summed E-state index contributed by atoms with van der Waals surface area (Å²) in [7, 11) is 0. The van der Waals surface area contributed by atoms with E-state index < -0.39 is 5.91 Å². The molecule has 7 nitrogen and oxygen atoms in total. The largest absolute Gasteiger partial charge is 0.493 e. The molecule has 168 valence electrons. The highest BCUT2D eigenvalue weighted by atomic mass is 16.5. The van der Waals surface area contributed by atoms with Crippen LogP contribution < -0.4 is 15.8 Å². The molecule has 0 aliphatic carbocycles. The Morgan fingerprint density at radius 1 is 1.26 bits per heavy atom. The van der Waals surface area contributed by atoms with Crippen molar-refractivity contribution in [1.29, 1.82) is 0 Å². The number of anilines is 1. The molecule has 3 rings (SSSR count). The first-order valence-corrected chi connectivity index (χ1v) is 11.2. The Morgan fingerprint density at radius 2 is 2.03 bits per heavy atom. The van der Waals surface area contributed by atoms with E-state index in [0.29, 0.717) is 17.7 Å². The number of nitrogens with two attached hydrogens (primary N) is 1. The third kappa shape index (κ3) is 6.92. The van der Waals surface area contributed by atoms with Gasteiger partial charge in [-0.25, -0.2) is 9.97 Å². The standard InChI is InChI=1S/C24H35N5O2/c1-17(2)20-6-5-18(3)13-22(20)31-16-19-7-11-29(12-8-19)10-4-9-26-23-15-27-21(14-28-23)24(25)30/h5-6,13-15,17,19H,4,7-12,16H2,1-3H3,(H2,25,30)(H,26,28). The van der Waals surface area contributed by atoms with Crippen molar-refractivity contribution in [3.05, 3.63) is 47.4 Å². The predicted octanol–water partition coefficient (Wildman–Crippen LogP) is 3.60. The van der Waals surface area contributed by atoms with Gasteiger partial charge in [0.25, 0.3) is 5.91 Å². The van der Waals surface area contributed by atoms with Crippen LogP contribution in [0.4, 0.5) is 5.82 Å². The summed E-state index contributed by atoms with van der Waals surface area (Å²) in [4.78, 5) is 21.7. The Labute approximate surface area is 185 Å². The third-order valence-corrected chi connectivity index (χ3v) is 5.83. The monoisotopic (exact) mass is 425 g/mol. The van der Waals surface area contributed by atoms with Gasteiger partial charge in [-0.1, -0.05) is 26.0 Å². The molecule has 7 heteroatoms. The maximum absolute atomic E-state index is 11.0. The van der Waals surface area contributed by atoms with Gasteiger partial charge in [-0.05, 0) is 74.8 Å². The fourth-order valence-electron chi connectivity index (χ4n) is 3.89. The highest BCUT2D eigenvalue weighted by Gasteiger charge is 2.20. The number of rotatable bonds is 10. The number of likely N-dealkylation sites (tertiary alicyclic amines) is 1. The topological polar surface area (TPSA) is 93.4 Å². The van der Waals surface area contributed by atoms with Crippen molar-refractivity contribution in [1.82, 2.24) is 14.9 Å². The SMILES string of the molecule is Cc1ccc(C(C)C)c(OCC2CCN(CCCNc3cnc(C(N)=O)cn3)CC2)c1. The number of benzene rings is 1. The van der Waals surface area contributed by atoms with E-state index in [1.807, 2.05) is 0 Å². The van der Waals surface area contributed by atoms with E-state index in [2.05, 4.69) is 59.2 Å². The lowest BCUT2D eigenvalue weighted by molar-refractivity contribution is 0.0995. The smallest absolute Gasteiger partial charge is 0.268 e. The fraction of sp³-hybridized carbons (Fsp3) is 0.542. The zero-order valence-electron chi connectivity index (χ0n) is 18.9. The first-order chi connectivity index (χ1) is 14.9. The van der Waals surface area contributed by atoms with Crippen LogP contribution in [0.2, 0.25) is 0 Å². The molecule has 1 fully saturated rings. The van der Waals surface area contributed by atoms with Crippen molar-refractivity contribution >= 4 is 11.7 Å². The summed E-state index contributed by atoms with van der Waals surface area (Å²) in [6, 6.07) is 6.53. The number of hydrogen-bond donors (Lipinski definition) is 2. The van der Waals surface area contributed by atoms with E-state index in [1.165, 1.54) is 30.2 Å². The van der Waals surface area contributed by atoms with Crippen LogP contribution in [0.1, 0.15) is 60.6 Å². The van der Waals surface area contributed by atoms with Gasteiger partial charge in [0, 0.05) is 6.54 Å². The average Bonchev–Trinajstić information content (AvgIpc) is 2.76. The van der Waals surface area contributed by atoms with Crippen LogP contribution in [0.25, 0.3) is 0 Å². The van der Waals surface area contributed by atoms with Gasteiger partial charge in [-0.2, -0.15) is 0 Å². The van der Waals surface area contributed by atoms with E-state index in [1.54, 1.807) is 6.20 Å². The van der Waals surface area contributed by atoms with Crippen LogP contribution in [-0.4, -0.2) is 53.6 Å². The van der Waals surface area contributed by atoms with Gasteiger partial charge in [0.05, 0.1) is 19.0 Å². The molecule has 0 unspecified atom stereocenters. The number of aromatic nitrogens is 2. The van der Waals surface area contributed by atoms with Crippen LogP contribution in [-0.2, 0) is 0 Å². The molecule has 1 aromatic carbocycles. The van der Waals surface area contributed by atoms with Gasteiger partial charge >= 0.3 is 0 Å². The zero-order chi connectivity index (χ0) is 22.2. The van der Waals surface area contributed by atoms with Gasteiger partial charge in [0.2, 0.25) is 0 Å². The molecule has 31 heavy (non-hydrogen) atoms. The van der Waals surface area contributed by atoms with Gasteiger partial charge in [0.15, 0.2) is 0 Å². The quantitative estimate of drug-likeness (QED) is 0.565. The number of ether oxygens (including phenoxy) is 1. The summed E-state index contributed by atoms with van der Waals surface area (Å²) < 4.78 is 6.25. The normalized spacial score (nSPS) is 15.2. The van der Waals surface area contributed by atoms with Crippen LogP contribution in [0.5, 0.6) is 5.75 Å². The molecule has 1 aromatic heterocycles. The Bertz CT molecular complexity index is 846.